The lowest BCUT2D eigenvalue weighted by Crippen LogP contribution is -1.86. The molecule has 0 amide bonds. The summed E-state index contributed by atoms with van der Waals surface area (Å²) in [5.41, 5.74) is 4.19. The molecule has 1 aromatic heterocycles. The highest BCUT2D eigenvalue weighted by molar-refractivity contribution is 6.32. The first-order valence-corrected chi connectivity index (χ1v) is 6.93. The minimum absolute atomic E-state index is 0.648. The number of hydrogen-bond donors (Lipinski definition) is 1. The molecule has 0 atom stereocenters. The second-order valence-electron chi connectivity index (χ2n) is 4.91. The fourth-order valence-electron chi connectivity index (χ4n) is 2.45. The highest BCUT2D eigenvalue weighted by atomic mass is 35.5. The van der Waals surface area contributed by atoms with Gasteiger partial charge >= 0.3 is 0 Å². The number of H-pyrrole nitrogens is 1. The Morgan fingerprint density at radius 1 is 1.19 bits per heavy atom. The van der Waals surface area contributed by atoms with Crippen molar-refractivity contribution in [2.24, 2.45) is 0 Å². The monoisotopic (exact) mass is 299 g/mol. The Morgan fingerprint density at radius 2 is 1.90 bits per heavy atom. The molecule has 0 aliphatic carbocycles. The Morgan fingerprint density at radius 3 is 2.52 bits per heavy atom. The number of aromatic amines is 1. The summed E-state index contributed by atoms with van der Waals surface area (Å²) in [5.74, 6) is 0.779. The van der Waals surface area contributed by atoms with E-state index in [1.54, 1.807) is 7.11 Å². The lowest BCUT2D eigenvalue weighted by Gasteiger charge is -2.02. The first-order valence-electron chi connectivity index (χ1n) is 6.55. The predicted molar refractivity (Wildman–Crippen MR) is 85.4 cm³/mol. The van der Waals surface area contributed by atoms with E-state index in [-0.39, 0.29) is 0 Å². The van der Waals surface area contributed by atoms with Crippen LogP contribution in [0.5, 0.6) is 5.75 Å². The van der Waals surface area contributed by atoms with Crippen molar-refractivity contribution in [2.45, 2.75) is 6.92 Å². The van der Waals surface area contributed by atoms with Crippen LogP contribution >= 0.6 is 11.6 Å². The van der Waals surface area contributed by atoms with Crippen molar-refractivity contribution in [1.29, 1.82) is 0 Å². The molecule has 0 radical (unpaired) electrons. The van der Waals surface area contributed by atoms with Gasteiger partial charge in [0.2, 0.25) is 0 Å². The number of carbonyl (C=O) groups excluding carboxylic acids is 1. The summed E-state index contributed by atoms with van der Waals surface area (Å²) < 4.78 is 5.15. The smallest absolute Gasteiger partial charge is 0.152 e. The van der Waals surface area contributed by atoms with Gasteiger partial charge in [0, 0.05) is 21.5 Å². The molecule has 4 heteroatoms. The van der Waals surface area contributed by atoms with Crippen LogP contribution < -0.4 is 4.74 Å². The van der Waals surface area contributed by atoms with Crippen molar-refractivity contribution in [1.82, 2.24) is 4.98 Å². The van der Waals surface area contributed by atoms with Crippen molar-refractivity contribution in [2.75, 3.05) is 7.11 Å². The van der Waals surface area contributed by atoms with Gasteiger partial charge in [-0.15, -0.1) is 0 Å². The van der Waals surface area contributed by atoms with Gasteiger partial charge in [0.15, 0.2) is 6.29 Å². The van der Waals surface area contributed by atoms with E-state index in [1.807, 2.05) is 43.3 Å². The molecular weight excluding hydrogens is 286 g/mol. The molecule has 0 aliphatic heterocycles. The second kappa shape index (κ2) is 5.26. The molecule has 2 aromatic carbocycles. The van der Waals surface area contributed by atoms with Crippen molar-refractivity contribution in [3.63, 3.8) is 0 Å². The third kappa shape index (κ3) is 2.30. The van der Waals surface area contributed by atoms with Crippen LogP contribution in [0, 0.1) is 6.92 Å². The Kier molecular flexibility index (Phi) is 3.43. The van der Waals surface area contributed by atoms with Crippen molar-refractivity contribution in [3.8, 4) is 17.0 Å². The zero-order valence-corrected chi connectivity index (χ0v) is 12.5. The molecule has 0 fully saturated rings. The first-order chi connectivity index (χ1) is 10.1. The largest absolute Gasteiger partial charge is 0.497 e. The summed E-state index contributed by atoms with van der Waals surface area (Å²) >= 11 is 6.15. The number of hydrogen-bond acceptors (Lipinski definition) is 2. The molecule has 0 aliphatic rings. The van der Waals surface area contributed by atoms with Crippen LogP contribution in [0.2, 0.25) is 5.02 Å². The standard InChI is InChI=1S/C17H14ClNO2/c1-10-7-13-14(9-20)17(19-16(13)8-15(10)18)11-3-5-12(21-2)6-4-11/h3-9,19H,1-2H3. The number of nitrogens with one attached hydrogen (secondary N) is 1. The fourth-order valence-corrected chi connectivity index (χ4v) is 2.62. The quantitative estimate of drug-likeness (QED) is 0.717. The zero-order valence-electron chi connectivity index (χ0n) is 11.7. The van der Waals surface area contributed by atoms with Crippen molar-refractivity contribution < 1.29 is 9.53 Å². The van der Waals surface area contributed by atoms with E-state index in [9.17, 15) is 4.79 Å². The van der Waals surface area contributed by atoms with E-state index in [4.69, 9.17) is 16.3 Å². The molecule has 0 saturated heterocycles. The molecule has 106 valence electrons. The van der Waals surface area contributed by atoms with Crippen LogP contribution in [0.15, 0.2) is 36.4 Å². The highest BCUT2D eigenvalue weighted by Gasteiger charge is 2.14. The van der Waals surface area contributed by atoms with E-state index in [0.29, 0.717) is 10.6 Å². The minimum Gasteiger partial charge on any atom is -0.497 e. The normalized spacial score (nSPS) is 10.8. The zero-order chi connectivity index (χ0) is 15.0. The van der Waals surface area contributed by atoms with Gasteiger partial charge < -0.3 is 9.72 Å². The van der Waals surface area contributed by atoms with Gasteiger partial charge in [-0.25, -0.2) is 0 Å². The average molecular weight is 300 g/mol. The summed E-state index contributed by atoms with van der Waals surface area (Å²) in [6, 6.07) is 11.4. The van der Waals surface area contributed by atoms with Gasteiger partial charge in [-0.05, 0) is 54.4 Å². The lowest BCUT2D eigenvalue weighted by molar-refractivity contribution is 0.112. The van der Waals surface area contributed by atoms with Crippen LogP contribution in [0.3, 0.4) is 0 Å². The number of rotatable bonds is 3. The third-order valence-electron chi connectivity index (χ3n) is 3.61. The summed E-state index contributed by atoms with van der Waals surface area (Å²) in [6.45, 7) is 1.93. The Hall–Kier alpha value is -2.26. The number of aromatic nitrogens is 1. The Balaban J connectivity index is 2.23. The van der Waals surface area contributed by atoms with E-state index in [0.717, 1.165) is 39.8 Å². The number of aryl methyl sites for hydroxylation is 1. The van der Waals surface area contributed by atoms with Gasteiger partial charge in [0.05, 0.1) is 12.8 Å². The number of fused-ring (bicyclic) bond motifs is 1. The molecule has 1 N–H and O–H groups in total. The fraction of sp³-hybridized carbons (Fsp3) is 0.118. The Bertz CT molecular complexity index is 819. The molecular formula is C17H14ClNO2. The average Bonchev–Trinajstić information content (AvgIpc) is 2.85. The van der Waals surface area contributed by atoms with Crippen molar-refractivity contribution >= 4 is 28.8 Å². The minimum atomic E-state index is 0.648. The SMILES string of the molecule is COc1ccc(-c2[nH]c3cc(Cl)c(C)cc3c2C=O)cc1. The maximum Gasteiger partial charge on any atom is 0.152 e. The predicted octanol–water partition coefficient (Wildman–Crippen LogP) is 4.62. The molecule has 0 unspecified atom stereocenters. The molecule has 3 aromatic rings. The topological polar surface area (TPSA) is 42.1 Å². The van der Waals surface area contributed by atoms with Crippen LogP contribution in [-0.2, 0) is 0 Å². The molecule has 1 heterocycles. The van der Waals surface area contributed by atoms with Crippen LogP contribution in [0.4, 0.5) is 0 Å². The van der Waals surface area contributed by atoms with Crippen LogP contribution in [-0.4, -0.2) is 18.4 Å². The number of halogens is 1. The number of ether oxygens (including phenoxy) is 1. The first kappa shape index (κ1) is 13.7. The van der Waals surface area contributed by atoms with E-state index < -0.39 is 0 Å². The maximum atomic E-state index is 11.5. The summed E-state index contributed by atoms with van der Waals surface area (Å²) in [6.07, 6.45) is 0.881. The third-order valence-corrected chi connectivity index (χ3v) is 4.02. The van der Waals surface area contributed by atoms with E-state index in [2.05, 4.69) is 4.98 Å². The number of carbonyl (C=O) groups is 1. The van der Waals surface area contributed by atoms with Crippen molar-refractivity contribution in [3.05, 3.63) is 52.5 Å². The van der Waals surface area contributed by atoms with Gasteiger partial charge in [-0.2, -0.15) is 0 Å². The molecule has 3 nitrogen and oxygen atoms in total. The number of aldehydes is 1. The molecule has 0 spiro atoms. The molecule has 21 heavy (non-hydrogen) atoms. The maximum absolute atomic E-state index is 11.5. The van der Waals surface area contributed by atoms with Gasteiger partial charge in [0.25, 0.3) is 0 Å². The number of benzene rings is 2. The molecule has 0 saturated carbocycles. The van der Waals surface area contributed by atoms with E-state index in [1.165, 1.54) is 0 Å². The highest BCUT2D eigenvalue weighted by Crippen LogP contribution is 2.32. The summed E-state index contributed by atoms with van der Waals surface area (Å²) in [4.78, 5) is 14.8. The Labute approximate surface area is 127 Å². The second-order valence-corrected chi connectivity index (χ2v) is 5.31. The summed E-state index contributed by atoms with van der Waals surface area (Å²) in [7, 11) is 1.62. The number of methoxy groups -OCH3 is 1. The van der Waals surface area contributed by atoms with Gasteiger partial charge in [-0.3, -0.25) is 4.79 Å². The van der Waals surface area contributed by atoms with E-state index >= 15 is 0 Å². The van der Waals surface area contributed by atoms with Gasteiger partial charge in [-0.1, -0.05) is 11.6 Å². The lowest BCUT2D eigenvalue weighted by atomic mass is 10.0. The van der Waals surface area contributed by atoms with Crippen LogP contribution in [0.1, 0.15) is 15.9 Å². The van der Waals surface area contributed by atoms with Gasteiger partial charge in [0.1, 0.15) is 5.75 Å². The molecule has 3 rings (SSSR count). The summed E-state index contributed by atoms with van der Waals surface area (Å²) in [5, 5.41) is 1.57. The molecule has 0 bridgehead atoms. The van der Waals surface area contributed by atoms with Crippen LogP contribution in [0.25, 0.3) is 22.2 Å².